The van der Waals surface area contributed by atoms with Crippen molar-refractivity contribution in [1.29, 1.82) is 0 Å². The number of rotatable bonds is 8. The summed E-state index contributed by atoms with van der Waals surface area (Å²) in [5, 5.41) is 19.8. The molecule has 0 aliphatic heterocycles. The fraction of sp³-hybridized carbons (Fsp3) is 0. The molecule has 0 radical (unpaired) electrons. The monoisotopic (exact) mass is 1380 g/mol. The van der Waals surface area contributed by atoms with Crippen LogP contribution in [0.15, 0.2) is 328 Å². The van der Waals surface area contributed by atoms with Crippen molar-refractivity contribution in [1.82, 2.24) is 29.9 Å². The van der Waals surface area contributed by atoms with Crippen LogP contribution in [-0.2, 0) is 0 Å². The second kappa shape index (κ2) is 24.1. The van der Waals surface area contributed by atoms with Crippen LogP contribution >= 0.6 is 0 Å². The van der Waals surface area contributed by atoms with E-state index in [4.69, 9.17) is 29.9 Å². The first-order valence-corrected chi connectivity index (χ1v) is 36.3. The van der Waals surface area contributed by atoms with Crippen LogP contribution in [0, 0.1) is 0 Å². The van der Waals surface area contributed by atoms with Gasteiger partial charge in [0, 0.05) is 0 Å². The van der Waals surface area contributed by atoms with Crippen LogP contribution in [0.1, 0.15) is 0 Å². The number of hydrogen-bond donors (Lipinski definition) is 0. The molecule has 0 saturated carbocycles. The molecule has 6 nitrogen and oxygen atoms in total. The molecule has 98 heavy (non-hydrogen) atoms. The van der Waals surface area contributed by atoms with E-state index in [1.807, 2.05) is 36.4 Å². The van der Waals surface area contributed by atoms with Gasteiger partial charge in [-0.05, 0) is 16.2 Å². The average molecular weight is 1380 g/mol. The van der Waals surface area contributed by atoms with E-state index in [1.54, 1.807) is 0 Å². The molecular formula is C90H54N6Se2. The Balaban J connectivity index is 0.000000137. The van der Waals surface area contributed by atoms with Gasteiger partial charge in [-0.2, -0.15) is 0 Å². The van der Waals surface area contributed by atoms with Crippen molar-refractivity contribution >= 4 is 132 Å². The third-order valence-corrected chi connectivity index (χ3v) is 24.1. The van der Waals surface area contributed by atoms with Gasteiger partial charge in [-0.1, -0.05) is 60.7 Å². The van der Waals surface area contributed by atoms with E-state index in [9.17, 15) is 0 Å². The number of nitrogens with zero attached hydrogens (tertiary/aromatic N) is 6. The number of fused-ring (bicyclic) bond motifs is 16. The van der Waals surface area contributed by atoms with Gasteiger partial charge in [-0.3, -0.25) is 0 Å². The average Bonchev–Trinajstić information content (AvgIpc) is 1.65. The van der Waals surface area contributed by atoms with E-state index in [-0.39, 0.29) is 29.0 Å². The molecule has 20 rings (SSSR count). The van der Waals surface area contributed by atoms with Crippen molar-refractivity contribution in [3.05, 3.63) is 328 Å². The van der Waals surface area contributed by atoms with Crippen LogP contribution in [0.5, 0.6) is 0 Å². The summed E-state index contributed by atoms with van der Waals surface area (Å²) >= 11 is 0.378. The zero-order valence-corrected chi connectivity index (χ0v) is 56.1. The minimum absolute atomic E-state index is 0.162. The Labute approximate surface area is 576 Å². The summed E-state index contributed by atoms with van der Waals surface area (Å²) in [4.78, 5) is 30.8. The van der Waals surface area contributed by atoms with Crippen molar-refractivity contribution in [2.24, 2.45) is 0 Å². The standard InChI is InChI=1S/2C45H27N3Se/c1-3-11-28(12-4-1)34-17-9-18-37-41-38(19-10-20-40(41)49-42(34)37)45-47-43(31-14-5-2-6-15-31)46-44(48-45)32-22-21-30-24-25-35-33-16-8-7-13-29(33)23-26-36(35)39(30)27-32;1-3-10-28(11-4-1)35-16-9-17-38-40-27-33(22-25-41(40)49-42(35)38)45-47-43(31-13-5-2-6-14-31)46-44(48-45)32-19-18-30-21-23-36-34-15-8-7-12-29(34)20-24-37(36)39(30)26-32/h2*1-27H. The quantitative estimate of drug-likeness (QED) is 0.111. The van der Waals surface area contributed by atoms with Gasteiger partial charge in [0.25, 0.3) is 0 Å². The second-order valence-electron chi connectivity index (χ2n) is 24.8. The predicted octanol–water partition coefficient (Wildman–Crippen LogP) is 22.7. The van der Waals surface area contributed by atoms with E-state index in [2.05, 4.69) is 291 Å². The Morgan fingerprint density at radius 1 is 0.173 bits per heavy atom. The van der Waals surface area contributed by atoms with Gasteiger partial charge in [0.05, 0.1) is 0 Å². The Morgan fingerprint density at radius 3 is 1.01 bits per heavy atom. The summed E-state index contributed by atoms with van der Waals surface area (Å²) in [6.07, 6.45) is 0. The van der Waals surface area contributed by atoms with Crippen molar-refractivity contribution in [2.45, 2.75) is 0 Å². The second-order valence-corrected chi connectivity index (χ2v) is 29.2. The van der Waals surface area contributed by atoms with Crippen molar-refractivity contribution in [3.63, 3.8) is 0 Å². The molecule has 0 atom stereocenters. The molecule has 0 amide bonds. The molecule has 0 aliphatic carbocycles. The molecule has 0 fully saturated rings. The van der Waals surface area contributed by atoms with Crippen LogP contribution in [0.2, 0.25) is 0 Å². The number of benzene rings is 16. The van der Waals surface area contributed by atoms with Gasteiger partial charge >= 0.3 is 503 Å². The van der Waals surface area contributed by atoms with E-state index >= 15 is 0 Å². The predicted molar refractivity (Wildman–Crippen MR) is 412 cm³/mol. The molecule has 8 heteroatoms. The summed E-state index contributed by atoms with van der Waals surface area (Å²) in [6, 6.07) is 117. The summed E-state index contributed by atoms with van der Waals surface area (Å²) < 4.78 is 5.60. The topological polar surface area (TPSA) is 77.3 Å². The van der Waals surface area contributed by atoms with Crippen molar-refractivity contribution in [3.8, 4) is 90.6 Å². The molecule has 4 heterocycles. The molecule has 456 valence electrons. The molecule has 16 aromatic carbocycles. The summed E-state index contributed by atoms with van der Waals surface area (Å²) in [5.41, 5.74) is 11.0. The Bertz CT molecular complexity index is 6550. The summed E-state index contributed by atoms with van der Waals surface area (Å²) in [7, 11) is 0. The third kappa shape index (κ3) is 10.2. The van der Waals surface area contributed by atoms with E-state index in [1.165, 1.54) is 125 Å². The maximum atomic E-state index is 5.25. The Morgan fingerprint density at radius 2 is 0.510 bits per heavy atom. The van der Waals surface area contributed by atoms with Gasteiger partial charge in [0.2, 0.25) is 0 Å². The van der Waals surface area contributed by atoms with E-state index < -0.39 is 0 Å². The molecular weight excluding hydrogens is 1320 g/mol. The fourth-order valence-electron chi connectivity index (χ4n) is 14.3. The normalized spacial score (nSPS) is 11.7. The van der Waals surface area contributed by atoms with Gasteiger partial charge < -0.3 is 0 Å². The first-order chi connectivity index (χ1) is 48.5. The molecule has 4 aromatic heterocycles. The molecule has 0 bridgehead atoms. The van der Waals surface area contributed by atoms with Crippen LogP contribution in [-0.4, -0.2) is 58.9 Å². The van der Waals surface area contributed by atoms with Gasteiger partial charge in [0.1, 0.15) is 0 Å². The molecule has 0 aliphatic rings. The Kier molecular flexibility index (Phi) is 14.2. The van der Waals surface area contributed by atoms with Crippen LogP contribution in [0.4, 0.5) is 0 Å². The molecule has 0 unspecified atom stereocenters. The zero-order valence-electron chi connectivity index (χ0n) is 52.7. The van der Waals surface area contributed by atoms with Gasteiger partial charge in [-0.25, -0.2) is 0 Å². The minimum atomic E-state index is 0.162. The number of aromatic nitrogens is 6. The van der Waals surface area contributed by atoms with Gasteiger partial charge in [0.15, 0.2) is 0 Å². The number of hydrogen-bond acceptors (Lipinski definition) is 6. The van der Waals surface area contributed by atoms with Crippen LogP contribution < -0.4 is 0 Å². The third-order valence-electron chi connectivity index (χ3n) is 19.0. The first-order valence-electron chi connectivity index (χ1n) is 32.9. The van der Waals surface area contributed by atoms with Crippen molar-refractivity contribution < 1.29 is 0 Å². The van der Waals surface area contributed by atoms with Gasteiger partial charge in [-0.15, -0.1) is 0 Å². The maximum absolute atomic E-state index is 5.25. The molecule has 0 spiro atoms. The van der Waals surface area contributed by atoms with E-state index in [0.717, 1.165) is 33.4 Å². The molecule has 0 saturated heterocycles. The Hall–Kier alpha value is -11.9. The van der Waals surface area contributed by atoms with Crippen molar-refractivity contribution in [2.75, 3.05) is 0 Å². The summed E-state index contributed by atoms with van der Waals surface area (Å²) in [5.74, 6) is 4.04. The first kappa shape index (κ1) is 57.6. The SMILES string of the molecule is c1ccc(-c2nc(-c3ccc4ccc5c6ccccc6ccc5c4c3)nc(-c3ccc4[se]c5c(-c6ccccc6)cccc5c4c3)n2)cc1.c1ccc(-c2nc(-c3ccc4ccc5c6ccccc6ccc5c4c3)nc(-c3cccc4[se]c5c(-c6ccccc6)cccc5c34)n2)cc1. The summed E-state index contributed by atoms with van der Waals surface area (Å²) in [6.45, 7) is 0. The van der Waals surface area contributed by atoms with Crippen LogP contribution in [0.3, 0.4) is 0 Å². The molecule has 20 aromatic rings. The van der Waals surface area contributed by atoms with E-state index in [0.29, 0.717) is 34.9 Å². The van der Waals surface area contributed by atoms with Crippen LogP contribution in [0.25, 0.3) is 194 Å². The zero-order chi connectivity index (χ0) is 64.6. The fourth-order valence-corrected chi connectivity index (χ4v) is 19.5. The molecule has 0 N–H and O–H groups in total.